The molecule has 7 heteroatoms. The summed E-state index contributed by atoms with van der Waals surface area (Å²) in [4.78, 5) is 16.7. The van der Waals surface area contributed by atoms with Crippen molar-refractivity contribution in [2.24, 2.45) is 0 Å². The zero-order valence-corrected chi connectivity index (χ0v) is 15.7. The van der Waals surface area contributed by atoms with Crippen LogP contribution in [0.4, 0.5) is 0 Å². The van der Waals surface area contributed by atoms with E-state index in [-0.39, 0.29) is 11.0 Å². The molecule has 0 aliphatic rings. The fourth-order valence-electron chi connectivity index (χ4n) is 2.44. The van der Waals surface area contributed by atoms with Crippen molar-refractivity contribution in [1.29, 1.82) is 0 Å². The number of carbonyl (C=O) groups excluding carboxylic acids is 1. The van der Waals surface area contributed by atoms with Crippen LogP contribution < -0.4 is 0 Å². The minimum atomic E-state index is -0.311. The van der Waals surface area contributed by atoms with E-state index < -0.39 is 0 Å². The Morgan fingerprint density at radius 2 is 1.92 bits per heavy atom. The molecule has 0 amide bonds. The average molecular weight is 385 g/mol. The standard InChI is InChI=1S/C19H17ClN4OS/c1-3-12-24-18(15-8-10-21-11-9-15)22-23-19(24)26-13(2)17(25)14-4-6-16(20)7-5-14/h3-11,13H,1,12H2,2H3/t13-/m1/s1. The largest absolute Gasteiger partial charge is 0.298 e. The maximum absolute atomic E-state index is 12.7. The molecule has 132 valence electrons. The topological polar surface area (TPSA) is 60.7 Å². The Morgan fingerprint density at radius 3 is 2.58 bits per heavy atom. The van der Waals surface area contributed by atoms with Crippen LogP contribution in [-0.4, -0.2) is 30.8 Å². The molecule has 0 bridgehead atoms. The maximum atomic E-state index is 12.7. The van der Waals surface area contributed by atoms with E-state index in [2.05, 4.69) is 21.8 Å². The lowest BCUT2D eigenvalue weighted by Crippen LogP contribution is -2.14. The SMILES string of the molecule is C=CCn1c(S[C@H](C)C(=O)c2ccc(Cl)cc2)nnc1-c1ccncc1. The van der Waals surface area contributed by atoms with Gasteiger partial charge in [-0.05, 0) is 43.3 Å². The highest BCUT2D eigenvalue weighted by Crippen LogP contribution is 2.28. The number of aromatic nitrogens is 4. The minimum Gasteiger partial charge on any atom is -0.298 e. The summed E-state index contributed by atoms with van der Waals surface area (Å²) in [6, 6.07) is 10.7. The van der Waals surface area contributed by atoms with E-state index >= 15 is 0 Å². The fraction of sp³-hybridized carbons (Fsp3) is 0.158. The zero-order chi connectivity index (χ0) is 18.5. The number of benzene rings is 1. The van der Waals surface area contributed by atoms with E-state index in [4.69, 9.17) is 11.6 Å². The van der Waals surface area contributed by atoms with Gasteiger partial charge in [0.25, 0.3) is 0 Å². The first-order chi connectivity index (χ1) is 12.6. The number of thioether (sulfide) groups is 1. The first kappa shape index (κ1) is 18.4. The molecule has 2 aromatic heterocycles. The van der Waals surface area contributed by atoms with Gasteiger partial charge in [0.1, 0.15) is 0 Å². The first-order valence-electron chi connectivity index (χ1n) is 8.01. The van der Waals surface area contributed by atoms with Gasteiger partial charge < -0.3 is 0 Å². The Bertz CT molecular complexity index is 909. The van der Waals surface area contributed by atoms with Gasteiger partial charge in [-0.1, -0.05) is 29.4 Å². The van der Waals surface area contributed by atoms with Crippen molar-refractivity contribution in [3.8, 4) is 11.4 Å². The lowest BCUT2D eigenvalue weighted by Gasteiger charge is -2.12. The molecule has 0 radical (unpaired) electrons. The fourth-order valence-corrected chi connectivity index (χ4v) is 3.51. The highest BCUT2D eigenvalue weighted by Gasteiger charge is 2.21. The molecule has 1 atom stereocenters. The van der Waals surface area contributed by atoms with Crippen molar-refractivity contribution in [2.45, 2.75) is 23.9 Å². The smallest absolute Gasteiger partial charge is 0.192 e. The first-order valence-corrected chi connectivity index (χ1v) is 9.27. The Hall–Kier alpha value is -2.44. The molecule has 1 aromatic carbocycles. The number of halogens is 1. The number of rotatable bonds is 7. The molecule has 5 nitrogen and oxygen atoms in total. The number of pyridine rings is 1. The van der Waals surface area contributed by atoms with Gasteiger partial charge in [-0.2, -0.15) is 0 Å². The second-order valence-corrected chi connectivity index (χ2v) is 7.32. The number of hydrogen-bond donors (Lipinski definition) is 0. The Balaban J connectivity index is 1.85. The number of allylic oxidation sites excluding steroid dienone is 1. The lowest BCUT2D eigenvalue weighted by molar-refractivity contribution is 0.0994. The summed E-state index contributed by atoms with van der Waals surface area (Å²) in [6.07, 6.45) is 5.20. The Labute approximate surface area is 161 Å². The number of ketones is 1. The quantitative estimate of drug-likeness (QED) is 0.340. The van der Waals surface area contributed by atoms with Crippen LogP contribution in [0.3, 0.4) is 0 Å². The van der Waals surface area contributed by atoms with Crippen LogP contribution in [0, 0.1) is 0 Å². The number of nitrogens with zero attached hydrogens (tertiary/aromatic N) is 4. The summed E-state index contributed by atoms with van der Waals surface area (Å²) in [7, 11) is 0. The van der Waals surface area contributed by atoms with E-state index in [0.29, 0.717) is 22.3 Å². The van der Waals surface area contributed by atoms with Gasteiger partial charge in [0.15, 0.2) is 16.8 Å². The summed E-state index contributed by atoms with van der Waals surface area (Å²) in [5, 5.41) is 9.53. The Kier molecular flexibility index (Phi) is 5.85. The Morgan fingerprint density at radius 1 is 1.23 bits per heavy atom. The second kappa shape index (κ2) is 8.29. The predicted molar refractivity (Wildman–Crippen MR) is 105 cm³/mol. The van der Waals surface area contributed by atoms with Crippen LogP contribution in [0.1, 0.15) is 17.3 Å². The average Bonchev–Trinajstić information content (AvgIpc) is 3.05. The van der Waals surface area contributed by atoms with E-state index in [9.17, 15) is 4.79 Å². The molecule has 0 saturated carbocycles. The van der Waals surface area contributed by atoms with Crippen LogP contribution in [-0.2, 0) is 6.54 Å². The van der Waals surface area contributed by atoms with Gasteiger partial charge in [0, 0.05) is 35.1 Å². The maximum Gasteiger partial charge on any atom is 0.192 e. The molecular weight excluding hydrogens is 368 g/mol. The predicted octanol–water partition coefficient (Wildman–Crippen LogP) is 4.54. The van der Waals surface area contributed by atoms with Crippen molar-refractivity contribution >= 4 is 29.1 Å². The van der Waals surface area contributed by atoms with Gasteiger partial charge in [0.05, 0.1) is 5.25 Å². The molecule has 2 heterocycles. The third kappa shape index (κ3) is 4.03. The van der Waals surface area contributed by atoms with Crippen LogP contribution in [0.2, 0.25) is 5.02 Å². The van der Waals surface area contributed by atoms with Crippen molar-refractivity contribution in [2.75, 3.05) is 0 Å². The highest BCUT2D eigenvalue weighted by molar-refractivity contribution is 8.00. The van der Waals surface area contributed by atoms with Crippen molar-refractivity contribution in [3.05, 3.63) is 72.0 Å². The summed E-state index contributed by atoms with van der Waals surface area (Å²) in [5.74, 6) is 0.742. The van der Waals surface area contributed by atoms with Gasteiger partial charge in [0.2, 0.25) is 0 Å². The summed E-state index contributed by atoms with van der Waals surface area (Å²) < 4.78 is 1.94. The molecule has 0 unspecified atom stereocenters. The van der Waals surface area contributed by atoms with Crippen molar-refractivity contribution < 1.29 is 4.79 Å². The van der Waals surface area contributed by atoms with Gasteiger partial charge in [-0.15, -0.1) is 16.8 Å². The molecule has 0 spiro atoms. The molecular formula is C19H17ClN4OS. The highest BCUT2D eigenvalue weighted by atomic mass is 35.5. The van der Waals surface area contributed by atoms with Crippen LogP contribution in [0.5, 0.6) is 0 Å². The molecule has 26 heavy (non-hydrogen) atoms. The van der Waals surface area contributed by atoms with Gasteiger partial charge in [-0.25, -0.2) is 0 Å². The van der Waals surface area contributed by atoms with Crippen LogP contribution in [0.25, 0.3) is 11.4 Å². The number of carbonyl (C=O) groups is 1. The molecule has 0 saturated heterocycles. The molecule has 0 N–H and O–H groups in total. The zero-order valence-electron chi connectivity index (χ0n) is 14.2. The molecule has 3 aromatic rings. The van der Waals surface area contributed by atoms with Crippen molar-refractivity contribution in [3.63, 3.8) is 0 Å². The van der Waals surface area contributed by atoms with Crippen LogP contribution >= 0.6 is 23.4 Å². The number of Topliss-reactive ketones (excluding diaryl/α,β-unsaturated/α-hetero) is 1. The van der Waals surface area contributed by atoms with Crippen LogP contribution in [0.15, 0.2) is 66.6 Å². The van der Waals surface area contributed by atoms with E-state index in [1.165, 1.54) is 11.8 Å². The van der Waals surface area contributed by atoms with Gasteiger partial charge >= 0.3 is 0 Å². The lowest BCUT2D eigenvalue weighted by atomic mass is 10.1. The third-order valence-electron chi connectivity index (χ3n) is 3.75. The van der Waals surface area contributed by atoms with Crippen molar-refractivity contribution in [1.82, 2.24) is 19.7 Å². The van der Waals surface area contributed by atoms with E-state index in [1.807, 2.05) is 23.6 Å². The second-order valence-electron chi connectivity index (χ2n) is 5.57. The summed E-state index contributed by atoms with van der Waals surface area (Å²) in [6.45, 7) is 6.22. The molecule has 3 rings (SSSR count). The number of hydrogen-bond acceptors (Lipinski definition) is 5. The van der Waals surface area contributed by atoms with E-state index in [1.54, 1.807) is 42.7 Å². The summed E-state index contributed by atoms with van der Waals surface area (Å²) >= 11 is 7.27. The molecule has 0 fully saturated rings. The third-order valence-corrected chi connectivity index (χ3v) is 5.08. The molecule has 0 aliphatic carbocycles. The van der Waals surface area contributed by atoms with Gasteiger partial charge in [-0.3, -0.25) is 14.3 Å². The minimum absolute atomic E-state index is 0.0188. The monoisotopic (exact) mass is 384 g/mol. The van der Waals surface area contributed by atoms with E-state index in [0.717, 1.165) is 11.4 Å². The molecule has 0 aliphatic heterocycles. The normalized spacial score (nSPS) is 11.9. The summed E-state index contributed by atoms with van der Waals surface area (Å²) in [5.41, 5.74) is 1.54.